The fraction of sp³-hybridized carbons (Fsp3) is 0.310. The number of guanidine groups is 1. The van der Waals surface area contributed by atoms with Gasteiger partial charge in [-0.1, -0.05) is 17.7 Å². The quantitative estimate of drug-likeness (QED) is 0.327. The predicted molar refractivity (Wildman–Crippen MR) is 151 cm³/mol. The summed E-state index contributed by atoms with van der Waals surface area (Å²) in [5, 5.41) is 9.87. The first-order valence-electron chi connectivity index (χ1n) is 13.0. The Bertz CT molecular complexity index is 1530. The van der Waals surface area contributed by atoms with Gasteiger partial charge in [-0.05, 0) is 42.5 Å². The van der Waals surface area contributed by atoms with Crippen LogP contribution in [0.3, 0.4) is 0 Å². The standard InChI is InChI=1S/C29H27ClF4N4O4/c1-41-20-5-3-4-19(15-20)36-8-10-37(11-9-36)28-35-27-21(13-18(30)14-22(27)31)23(16-26(39)40)38(28)24-12-17(29(32,33)34)6-7-25(24)42-2/h3-7,12-15,23H,8-11,16H2,1-2H3,(H,39,40). The number of rotatable bonds is 6. The Hall–Kier alpha value is -4.19. The van der Waals surface area contributed by atoms with Crippen LogP contribution in [0.2, 0.25) is 5.02 Å². The Labute approximate surface area is 244 Å². The molecule has 1 saturated heterocycles. The lowest BCUT2D eigenvalue weighted by molar-refractivity contribution is -0.138. The van der Waals surface area contributed by atoms with Crippen molar-refractivity contribution in [3.63, 3.8) is 0 Å². The number of hydrogen-bond donors (Lipinski definition) is 1. The van der Waals surface area contributed by atoms with Gasteiger partial charge in [-0.3, -0.25) is 4.79 Å². The molecular weight excluding hydrogens is 580 g/mol. The highest BCUT2D eigenvalue weighted by Crippen LogP contribution is 2.47. The Kier molecular flexibility index (Phi) is 8.09. The molecule has 0 amide bonds. The Balaban J connectivity index is 1.63. The number of ether oxygens (including phenoxy) is 2. The van der Waals surface area contributed by atoms with Crippen molar-refractivity contribution in [3.8, 4) is 11.5 Å². The van der Waals surface area contributed by atoms with Crippen molar-refractivity contribution in [2.75, 3.05) is 50.2 Å². The lowest BCUT2D eigenvalue weighted by Gasteiger charge is -2.45. The number of methoxy groups -OCH3 is 2. The molecule has 8 nitrogen and oxygen atoms in total. The van der Waals surface area contributed by atoms with Gasteiger partial charge in [0.15, 0.2) is 5.82 Å². The second-order valence-corrected chi connectivity index (χ2v) is 10.2. The van der Waals surface area contributed by atoms with Crippen molar-refractivity contribution in [2.24, 2.45) is 4.99 Å². The molecule has 1 N–H and O–H groups in total. The van der Waals surface area contributed by atoms with E-state index >= 15 is 4.39 Å². The zero-order valence-electron chi connectivity index (χ0n) is 22.7. The van der Waals surface area contributed by atoms with E-state index in [9.17, 15) is 23.1 Å². The van der Waals surface area contributed by atoms with Gasteiger partial charge in [0.25, 0.3) is 0 Å². The van der Waals surface area contributed by atoms with Gasteiger partial charge in [-0.15, -0.1) is 0 Å². The highest BCUT2D eigenvalue weighted by molar-refractivity contribution is 6.30. The lowest BCUT2D eigenvalue weighted by atomic mass is 9.96. The minimum Gasteiger partial charge on any atom is -0.497 e. The van der Waals surface area contributed by atoms with Crippen molar-refractivity contribution < 1.29 is 36.9 Å². The van der Waals surface area contributed by atoms with Gasteiger partial charge in [-0.2, -0.15) is 13.2 Å². The van der Waals surface area contributed by atoms with Crippen molar-refractivity contribution in [3.05, 3.63) is 76.6 Å². The third-order valence-corrected chi connectivity index (χ3v) is 7.49. The maximum Gasteiger partial charge on any atom is 0.416 e. The number of halogens is 5. The van der Waals surface area contributed by atoms with Crippen LogP contribution in [0.15, 0.2) is 59.6 Å². The molecule has 5 rings (SSSR count). The zero-order chi connectivity index (χ0) is 30.2. The second kappa shape index (κ2) is 11.6. The molecule has 2 aliphatic rings. The molecule has 0 bridgehead atoms. The molecule has 42 heavy (non-hydrogen) atoms. The summed E-state index contributed by atoms with van der Waals surface area (Å²) in [6.45, 7) is 1.72. The molecule has 0 aromatic heterocycles. The molecule has 3 aromatic carbocycles. The van der Waals surface area contributed by atoms with E-state index in [-0.39, 0.29) is 33.7 Å². The average Bonchev–Trinajstić information content (AvgIpc) is 2.96. The minimum atomic E-state index is -4.69. The van der Waals surface area contributed by atoms with Crippen LogP contribution >= 0.6 is 11.6 Å². The van der Waals surface area contributed by atoms with Gasteiger partial charge in [-0.25, -0.2) is 9.38 Å². The Morgan fingerprint density at radius 3 is 2.38 bits per heavy atom. The molecule has 222 valence electrons. The molecular formula is C29H27ClF4N4O4. The SMILES string of the molecule is COc1cccc(N2CCN(C3=Nc4c(F)cc(Cl)cc4C(CC(=O)O)N3c3cc(C(F)(F)F)ccc3OC)CC2)c1. The zero-order valence-corrected chi connectivity index (χ0v) is 23.4. The maximum atomic E-state index is 15.3. The maximum absolute atomic E-state index is 15.3. The number of carboxylic acids is 1. The van der Waals surface area contributed by atoms with Crippen LogP contribution in [0.5, 0.6) is 11.5 Å². The molecule has 1 fully saturated rings. The first-order valence-corrected chi connectivity index (χ1v) is 13.4. The molecule has 0 aliphatic carbocycles. The summed E-state index contributed by atoms with van der Waals surface area (Å²) in [6.07, 6.45) is -5.26. The van der Waals surface area contributed by atoms with E-state index in [1.807, 2.05) is 29.2 Å². The van der Waals surface area contributed by atoms with Gasteiger partial charge in [0.05, 0.1) is 37.9 Å². The minimum absolute atomic E-state index is 0.00292. The van der Waals surface area contributed by atoms with E-state index in [0.29, 0.717) is 31.9 Å². The molecule has 13 heteroatoms. The molecule has 2 aliphatic heterocycles. The molecule has 3 aromatic rings. The van der Waals surface area contributed by atoms with Crippen molar-refractivity contribution >= 4 is 40.6 Å². The first kappa shape index (κ1) is 29.3. The predicted octanol–water partition coefficient (Wildman–Crippen LogP) is 6.36. The second-order valence-electron chi connectivity index (χ2n) is 9.78. The van der Waals surface area contributed by atoms with Gasteiger partial charge >= 0.3 is 12.1 Å². The van der Waals surface area contributed by atoms with Crippen molar-refractivity contribution in [1.29, 1.82) is 0 Å². The van der Waals surface area contributed by atoms with Crippen LogP contribution in [0.25, 0.3) is 0 Å². The summed E-state index contributed by atoms with van der Waals surface area (Å²) >= 11 is 6.15. The number of carbonyl (C=O) groups is 1. The van der Waals surface area contributed by atoms with Crippen LogP contribution in [-0.4, -0.2) is 62.3 Å². The Morgan fingerprint density at radius 1 is 1.02 bits per heavy atom. The summed E-state index contributed by atoms with van der Waals surface area (Å²) in [7, 11) is 2.88. The van der Waals surface area contributed by atoms with Crippen LogP contribution in [0.1, 0.15) is 23.6 Å². The van der Waals surface area contributed by atoms with Crippen molar-refractivity contribution in [2.45, 2.75) is 18.6 Å². The van der Waals surface area contributed by atoms with E-state index in [0.717, 1.165) is 23.9 Å². The normalized spacial score (nSPS) is 17.1. The third kappa shape index (κ3) is 5.76. The largest absolute Gasteiger partial charge is 0.497 e. The van der Waals surface area contributed by atoms with E-state index in [1.165, 1.54) is 24.1 Å². The van der Waals surface area contributed by atoms with E-state index < -0.39 is 36.0 Å². The summed E-state index contributed by atoms with van der Waals surface area (Å²) in [4.78, 5) is 22.0. The molecule has 0 radical (unpaired) electrons. The number of benzene rings is 3. The summed E-state index contributed by atoms with van der Waals surface area (Å²) < 4.78 is 67.6. The highest BCUT2D eigenvalue weighted by atomic mass is 35.5. The summed E-state index contributed by atoms with van der Waals surface area (Å²) in [6, 6.07) is 11.8. The van der Waals surface area contributed by atoms with Gasteiger partial charge in [0.1, 0.15) is 17.2 Å². The van der Waals surface area contributed by atoms with Gasteiger partial charge in [0, 0.05) is 48.5 Å². The van der Waals surface area contributed by atoms with Crippen LogP contribution in [-0.2, 0) is 11.0 Å². The van der Waals surface area contributed by atoms with E-state index in [1.54, 1.807) is 7.11 Å². The topological polar surface area (TPSA) is 77.8 Å². The van der Waals surface area contributed by atoms with Crippen molar-refractivity contribution in [1.82, 2.24) is 4.90 Å². The number of fused-ring (bicyclic) bond motifs is 1. The fourth-order valence-corrected chi connectivity index (χ4v) is 5.50. The number of piperazine rings is 1. The highest BCUT2D eigenvalue weighted by Gasteiger charge is 2.40. The smallest absolute Gasteiger partial charge is 0.416 e. The van der Waals surface area contributed by atoms with Gasteiger partial charge in [0.2, 0.25) is 5.96 Å². The number of carboxylic acid groups (broad SMARTS) is 1. The number of aliphatic carboxylic acids is 1. The monoisotopic (exact) mass is 606 g/mol. The Morgan fingerprint density at radius 2 is 1.74 bits per heavy atom. The lowest BCUT2D eigenvalue weighted by Crippen LogP contribution is -2.55. The fourth-order valence-electron chi connectivity index (χ4n) is 5.28. The molecule has 2 heterocycles. The number of anilines is 2. The molecule has 1 unspecified atom stereocenters. The summed E-state index contributed by atoms with van der Waals surface area (Å²) in [5.41, 5.74) is -0.0688. The number of alkyl halides is 3. The molecule has 0 spiro atoms. The van der Waals surface area contributed by atoms with E-state index in [4.69, 9.17) is 21.1 Å². The number of aliphatic imine (C=N–C) groups is 1. The molecule has 1 atom stereocenters. The van der Waals surface area contributed by atoms with Crippen LogP contribution in [0, 0.1) is 5.82 Å². The molecule has 0 saturated carbocycles. The number of nitrogens with zero attached hydrogens (tertiary/aromatic N) is 4. The van der Waals surface area contributed by atoms with E-state index in [2.05, 4.69) is 9.89 Å². The van der Waals surface area contributed by atoms with Gasteiger partial charge < -0.3 is 29.3 Å². The summed E-state index contributed by atoms with van der Waals surface area (Å²) in [5.74, 6) is -1.15. The first-order chi connectivity index (χ1) is 20.0. The number of hydrogen-bond acceptors (Lipinski definition) is 7. The van der Waals surface area contributed by atoms with Crippen LogP contribution in [0.4, 0.5) is 34.6 Å². The third-order valence-electron chi connectivity index (χ3n) is 7.27. The average molecular weight is 607 g/mol. The van der Waals surface area contributed by atoms with Crippen LogP contribution < -0.4 is 19.3 Å².